The molecule has 1 aliphatic rings. The average Bonchev–Trinajstić information content (AvgIpc) is 2.74. The lowest BCUT2D eigenvalue weighted by Gasteiger charge is -2.30. The Balaban J connectivity index is 1.54. The van der Waals surface area contributed by atoms with Gasteiger partial charge in [0.1, 0.15) is 5.75 Å². The molecule has 0 aliphatic carbocycles. The summed E-state index contributed by atoms with van der Waals surface area (Å²) < 4.78 is 5.54. The van der Waals surface area contributed by atoms with Gasteiger partial charge in [-0.15, -0.1) is 0 Å². The minimum absolute atomic E-state index is 0.00893. The van der Waals surface area contributed by atoms with Crippen molar-refractivity contribution in [2.24, 2.45) is 5.92 Å². The highest BCUT2D eigenvalue weighted by molar-refractivity contribution is 5.96. The van der Waals surface area contributed by atoms with E-state index in [1.54, 1.807) is 31.2 Å². The van der Waals surface area contributed by atoms with Crippen molar-refractivity contribution < 1.29 is 19.2 Å². The number of amides is 2. The number of nitrogens with zero attached hydrogens (tertiary/aromatic N) is 2. The second-order valence-electron chi connectivity index (χ2n) is 7.55. The summed E-state index contributed by atoms with van der Waals surface area (Å²) in [6, 6.07) is 12.3. The van der Waals surface area contributed by atoms with E-state index in [2.05, 4.69) is 12.2 Å². The maximum Gasteiger partial charge on any atom is 0.269 e. The number of anilines is 1. The second-order valence-corrected chi connectivity index (χ2v) is 7.55. The molecule has 2 aromatic rings. The SMILES string of the molecule is CC1CCN(C(=O)c2ccc(NC(=O)C(C)Oc3ccc([N+](=O)[O-])cc3)cc2)CC1. The van der Waals surface area contributed by atoms with Gasteiger partial charge in [-0.05, 0) is 62.1 Å². The molecule has 1 aliphatic heterocycles. The molecule has 0 aromatic heterocycles. The number of nitro benzene ring substituents is 1. The number of nitrogens with one attached hydrogen (secondary N) is 1. The molecule has 1 N–H and O–H groups in total. The molecule has 1 unspecified atom stereocenters. The molecular formula is C22H25N3O5. The van der Waals surface area contributed by atoms with Crippen molar-refractivity contribution >= 4 is 23.2 Å². The Hall–Kier alpha value is -3.42. The Morgan fingerprint density at radius 1 is 1.10 bits per heavy atom. The van der Waals surface area contributed by atoms with Gasteiger partial charge in [-0.1, -0.05) is 6.92 Å². The summed E-state index contributed by atoms with van der Waals surface area (Å²) in [6.07, 6.45) is 1.24. The van der Waals surface area contributed by atoms with Crippen LogP contribution in [0.15, 0.2) is 48.5 Å². The van der Waals surface area contributed by atoms with Crippen LogP contribution in [0.1, 0.15) is 37.0 Å². The molecule has 2 amide bonds. The lowest BCUT2D eigenvalue weighted by Crippen LogP contribution is -2.37. The molecule has 1 atom stereocenters. The van der Waals surface area contributed by atoms with E-state index in [1.165, 1.54) is 24.3 Å². The quantitative estimate of drug-likeness (QED) is 0.574. The van der Waals surface area contributed by atoms with Gasteiger partial charge >= 0.3 is 0 Å². The molecule has 8 nitrogen and oxygen atoms in total. The molecule has 0 saturated carbocycles. The molecular weight excluding hydrogens is 386 g/mol. The summed E-state index contributed by atoms with van der Waals surface area (Å²) in [5.74, 6) is 0.661. The summed E-state index contributed by atoms with van der Waals surface area (Å²) in [6.45, 7) is 5.34. The van der Waals surface area contributed by atoms with Gasteiger partial charge in [-0.3, -0.25) is 19.7 Å². The number of carbonyl (C=O) groups excluding carboxylic acids is 2. The first-order valence-electron chi connectivity index (χ1n) is 9.95. The Bertz CT molecular complexity index is 903. The van der Waals surface area contributed by atoms with Gasteiger partial charge < -0.3 is 15.0 Å². The maximum atomic E-state index is 12.6. The van der Waals surface area contributed by atoms with Gasteiger partial charge in [0.25, 0.3) is 17.5 Å². The van der Waals surface area contributed by atoms with Crippen LogP contribution in [0.25, 0.3) is 0 Å². The standard InChI is InChI=1S/C22H25N3O5/c1-15-11-13-24(14-12-15)22(27)17-3-5-18(6-4-17)23-21(26)16(2)30-20-9-7-19(8-10-20)25(28)29/h3-10,15-16H,11-14H2,1-2H3,(H,23,26). The zero-order valence-corrected chi connectivity index (χ0v) is 17.0. The van der Waals surface area contributed by atoms with E-state index in [0.717, 1.165) is 25.9 Å². The van der Waals surface area contributed by atoms with Crippen molar-refractivity contribution in [3.05, 3.63) is 64.2 Å². The van der Waals surface area contributed by atoms with Gasteiger partial charge in [0, 0.05) is 36.5 Å². The second kappa shape index (κ2) is 9.39. The highest BCUT2D eigenvalue weighted by atomic mass is 16.6. The Kier molecular flexibility index (Phi) is 6.66. The van der Waals surface area contributed by atoms with E-state index < -0.39 is 11.0 Å². The van der Waals surface area contributed by atoms with E-state index in [1.807, 2.05) is 4.90 Å². The van der Waals surface area contributed by atoms with E-state index >= 15 is 0 Å². The number of hydrogen-bond donors (Lipinski definition) is 1. The molecule has 1 fully saturated rings. The fourth-order valence-electron chi connectivity index (χ4n) is 3.24. The number of nitro groups is 1. The van der Waals surface area contributed by atoms with Gasteiger partial charge in [0.05, 0.1) is 4.92 Å². The third kappa shape index (κ3) is 5.34. The van der Waals surface area contributed by atoms with Crippen LogP contribution < -0.4 is 10.1 Å². The lowest BCUT2D eigenvalue weighted by molar-refractivity contribution is -0.384. The fourth-order valence-corrected chi connectivity index (χ4v) is 3.24. The van der Waals surface area contributed by atoms with Crippen LogP contribution in [-0.2, 0) is 4.79 Å². The number of carbonyl (C=O) groups is 2. The Labute approximate surface area is 175 Å². The predicted molar refractivity (Wildman–Crippen MR) is 113 cm³/mol. The van der Waals surface area contributed by atoms with E-state index in [4.69, 9.17) is 4.74 Å². The first-order valence-corrected chi connectivity index (χ1v) is 9.95. The monoisotopic (exact) mass is 411 g/mol. The summed E-state index contributed by atoms with van der Waals surface area (Å²) in [4.78, 5) is 37.0. The Morgan fingerprint density at radius 2 is 1.70 bits per heavy atom. The molecule has 3 rings (SSSR count). The third-order valence-electron chi connectivity index (χ3n) is 5.20. The van der Waals surface area contributed by atoms with Crippen molar-refractivity contribution in [2.75, 3.05) is 18.4 Å². The van der Waals surface area contributed by atoms with E-state index in [0.29, 0.717) is 22.9 Å². The van der Waals surface area contributed by atoms with Gasteiger partial charge in [0.15, 0.2) is 6.10 Å². The van der Waals surface area contributed by atoms with Crippen molar-refractivity contribution in [3.8, 4) is 5.75 Å². The number of benzene rings is 2. The normalized spacial score (nSPS) is 15.3. The minimum Gasteiger partial charge on any atom is -0.481 e. The summed E-state index contributed by atoms with van der Waals surface area (Å²) in [7, 11) is 0. The summed E-state index contributed by atoms with van der Waals surface area (Å²) in [5, 5.41) is 13.4. The summed E-state index contributed by atoms with van der Waals surface area (Å²) in [5.41, 5.74) is 1.11. The van der Waals surface area contributed by atoms with Crippen LogP contribution >= 0.6 is 0 Å². The molecule has 0 bridgehead atoms. The summed E-state index contributed by atoms with van der Waals surface area (Å²) >= 11 is 0. The van der Waals surface area contributed by atoms with E-state index in [9.17, 15) is 19.7 Å². The fraction of sp³-hybridized carbons (Fsp3) is 0.364. The van der Waals surface area contributed by atoms with Gasteiger partial charge in [-0.2, -0.15) is 0 Å². The van der Waals surface area contributed by atoms with Crippen molar-refractivity contribution in [1.82, 2.24) is 4.90 Å². The van der Waals surface area contributed by atoms with Gasteiger partial charge in [-0.25, -0.2) is 0 Å². The number of hydrogen-bond acceptors (Lipinski definition) is 5. The first-order chi connectivity index (χ1) is 14.3. The topological polar surface area (TPSA) is 102 Å². The van der Waals surface area contributed by atoms with Crippen LogP contribution in [0.2, 0.25) is 0 Å². The molecule has 0 radical (unpaired) electrons. The molecule has 0 spiro atoms. The van der Waals surface area contributed by atoms with Crippen molar-refractivity contribution in [3.63, 3.8) is 0 Å². The molecule has 1 saturated heterocycles. The zero-order valence-electron chi connectivity index (χ0n) is 17.0. The maximum absolute atomic E-state index is 12.6. The molecule has 2 aromatic carbocycles. The Morgan fingerprint density at radius 3 is 2.27 bits per heavy atom. The van der Waals surface area contributed by atoms with Crippen LogP contribution in [0.4, 0.5) is 11.4 Å². The van der Waals surface area contributed by atoms with Crippen LogP contribution in [0.5, 0.6) is 5.75 Å². The number of likely N-dealkylation sites (tertiary alicyclic amines) is 1. The first kappa shape index (κ1) is 21.3. The number of rotatable bonds is 6. The predicted octanol–water partition coefficient (Wildman–Crippen LogP) is 3.87. The number of piperidine rings is 1. The third-order valence-corrected chi connectivity index (χ3v) is 5.20. The molecule has 1 heterocycles. The average molecular weight is 411 g/mol. The zero-order chi connectivity index (χ0) is 21.7. The highest BCUT2D eigenvalue weighted by Crippen LogP contribution is 2.20. The molecule has 8 heteroatoms. The number of non-ortho nitro benzene ring substituents is 1. The van der Waals surface area contributed by atoms with Crippen molar-refractivity contribution in [2.45, 2.75) is 32.8 Å². The highest BCUT2D eigenvalue weighted by Gasteiger charge is 2.21. The lowest BCUT2D eigenvalue weighted by atomic mass is 9.98. The van der Waals surface area contributed by atoms with E-state index in [-0.39, 0.29) is 17.5 Å². The van der Waals surface area contributed by atoms with Crippen molar-refractivity contribution in [1.29, 1.82) is 0 Å². The van der Waals surface area contributed by atoms with Gasteiger partial charge in [0.2, 0.25) is 0 Å². The minimum atomic E-state index is -0.803. The molecule has 158 valence electrons. The van der Waals surface area contributed by atoms with Crippen LogP contribution in [-0.4, -0.2) is 40.8 Å². The van der Waals surface area contributed by atoms with Crippen LogP contribution in [0.3, 0.4) is 0 Å². The smallest absolute Gasteiger partial charge is 0.269 e. The number of ether oxygens (including phenoxy) is 1. The molecule has 30 heavy (non-hydrogen) atoms. The largest absolute Gasteiger partial charge is 0.481 e. The van der Waals surface area contributed by atoms with Crippen LogP contribution in [0, 0.1) is 16.0 Å².